The summed E-state index contributed by atoms with van der Waals surface area (Å²) in [5.41, 5.74) is 6.99. The van der Waals surface area contributed by atoms with Gasteiger partial charge in [-0.3, -0.25) is 4.98 Å². The third-order valence-electron chi connectivity index (χ3n) is 4.23. The van der Waals surface area contributed by atoms with Crippen LogP contribution in [0.4, 0.5) is 0 Å². The Morgan fingerprint density at radius 1 is 0.957 bits per heavy atom. The van der Waals surface area contributed by atoms with Crippen LogP contribution in [0.25, 0.3) is 33.3 Å². The molecular formula is C20H17N3. The van der Waals surface area contributed by atoms with Crippen molar-refractivity contribution in [2.75, 3.05) is 0 Å². The predicted molar refractivity (Wildman–Crippen MR) is 94.1 cm³/mol. The Hall–Kier alpha value is -2.94. The van der Waals surface area contributed by atoms with E-state index < -0.39 is 0 Å². The quantitative estimate of drug-likeness (QED) is 0.587. The number of aromatic nitrogens is 3. The SMILES string of the molecule is CCc1ccccc1-c1c[nH]c2ncc(-c3ccncc3)cc12. The Morgan fingerprint density at radius 3 is 2.61 bits per heavy atom. The molecule has 0 saturated heterocycles. The summed E-state index contributed by atoms with van der Waals surface area (Å²) in [5.74, 6) is 0. The Balaban J connectivity index is 1.92. The Kier molecular flexibility index (Phi) is 3.39. The summed E-state index contributed by atoms with van der Waals surface area (Å²) in [4.78, 5) is 12.0. The fourth-order valence-electron chi connectivity index (χ4n) is 3.02. The van der Waals surface area contributed by atoms with E-state index in [0.29, 0.717) is 0 Å². The third-order valence-corrected chi connectivity index (χ3v) is 4.23. The summed E-state index contributed by atoms with van der Waals surface area (Å²) in [6, 6.07) is 14.8. The molecule has 3 nitrogen and oxygen atoms in total. The number of rotatable bonds is 3. The van der Waals surface area contributed by atoms with E-state index in [4.69, 9.17) is 0 Å². The van der Waals surface area contributed by atoms with Gasteiger partial charge in [-0.2, -0.15) is 0 Å². The number of benzene rings is 1. The Bertz CT molecular complexity index is 955. The van der Waals surface area contributed by atoms with E-state index in [-0.39, 0.29) is 0 Å². The van der Waals surface area contributed by atoms with Crippen molar-refractivity contribution < 1.29 is 0 Å². The van der Waals surface area contributed by atoms with Gasteiger partial charge in [-0.25, -0.2) is 4.98 Å². The number of aromatic amines is 1. The minimum Gasteiger partial charge on any atom is -0.346 e. The van der Waals surface area contributed by atoms with Crippen molar-refractivity contribution in [3.8, 4) is 22.3 Å². The molecule has 3 heterocycles. The summed E-state index contributed by atoms with van der Waals surface area (Å²) in [6.07, 6.45) is 8.60. The second-order valence-corrected chi connectivity index (χ2v) is 5.57. The largest absolute Gasteiger partial charge is 0.346 e. The second-order valence-electron chi connectivity index (χ2n) is 5.57. The maximum absolute atomic E-state index is 4.58. The van der Waals surface area contributed by atoms with E-state index in [9.17, 15) is 0 Å². The van der Waals surface area contributed by atoms with E-state index in [0.717, 1.165) is 28.6 Å². The second kappa shape index (κ2) is 5.69. The molecule has 3 aromatic heterocycles. The maximum atomic E-state index is 4.58. The van der Waals surface area contributed by atoms with Gasteiger partial charge < -0.3 is 4.98 Å². The highest BCUT2D eigenvalue weighted by Crippen LogP contribution is 2.32. The van der Waals surface area contributed by atoms with Crippen molar-refractivity contribution in [2.45, 2.75) is 13.3 Å². The van der Waals surface area contributed by atoms with E-state index in [1.165, 1.54) is 16.7 Å². The van der Waals surface area contributed by atoms with Crippen LogP contribution in [0.3, 0.4) is 0 Å². The van der Waals surface area contributed by atoms with E-state index in [1.54, 1.807) is 0 Å². The van der Waals surface area contributed by atoms with Gasteiger partial charge in [0.2, 0.25) is 0 Å². The number of fused-ring (bicyclic) bond motifs is 1. The minimum absolute atomic E-state index is 0.920. The van der Waals surface area contributed by atoms with Crippen LogP contribution >= 0.6 is 0 Å². The van der Waals surface area contributed by atoms with Gasteiger partial charge in [-0.1, -0.05) is 31.2 Å². The molecule has 0 aliphatic carbocycles. The molecule has 0 aliphatic heterocycles. The van der Waals surface area contributed by atoms with Gasteiger partial charge in [0.05, 0.1) is 0 Å². The molecule has 4 aromatic rings. The standard InChI is InChI=1S/C20H17N3/c1-2-14-5-3-4-6-17(14)19-13-23-20-18(19)11-16(12-22-20)15-7-9-21-10-8-15/h3-13H,2H2,1H3,(H,22,23). The van der Waals surface area contributed by atoms with E-state index in [1.807, 2.05) is 30.7 Å². The van der Waals surface area contributed by atoms with Gasteiger partial charge in [-0.05, 0) is 41.3 Å². The van der Waals surface area contributed by atoms with E-state index in [2.05, 4.69) is 58.4 Å². The first kappa shape index (κ1) is 13.7. The molecule has 0 saturated carbocycles. The van der Waals surface area contributed by atoms with Gasteiger partial charge in [0.1, 0.15) is 5.65 Å². The summed E-state index contributed by atoms with van der Waals surface area (Å²) in [5, 5.41) is 1.15. The van der Waals surface area contributed by atoms with Crippen molar-refractivity contribution in [2.24, 2.45) is 0 Å². The van der Waals surface area contributed by atoms with Crippen molar-refractivity contribution in [3.63, 3.8) is 0 Å². The first-order valence-electron chi connectivity index (χ1n) is 7.82. The molecule has 112 valence electrons. The lowest BCUT2D eigenvalue weighted by molar-refractivity contribution is 1.14. The van der Waals surface area contributed by atoms with Gasteiger partial charge >= 0.3 is 0 Å². The topological polar surface area (TPSA) is 41.6 Å². The summed E-state index contributed by atoms with van der Waals surface area (Å²) in [7, 11) is 0. The molecule has 0 bridgehead atoms. The predicted octanol–water partition coefficient (Wildman–Crippen LogP) is 4.85. The van der Waals surface area contributed by atoms with Crippen LogP contribution in [0.1, 0.15) is 12.5 Å². The van der Waals surface area contributed by atoms with Crippen LogP contribution in [0.2, 0.25) is 0 Å². The van der Waals surface area contributed by atoms with Crippen molar-refractivity contribution in [1.82, 2.24) is 15.0 Å². The molecular weight excluding hydrogens is 282 g/mol. The van der Waals surface area contributed by atoms with Crippen LogP contribution in [-0.2, 0) is 6.42 Å². The van der Waals surface area contributed by atoms with Gasteiger partial charge in [0.25, 0.3) is 0 Å². The number of hydrogen-bond donors (Lipinski definition) is 1. The van der Waals surface area contributed by atoms with Gasteiger partial charge in [0, 0.05) is 41.3 Å². The molecule has 0 unspecified atom stereocenters. The minimum atomic E-state index is 0.920. The van der Waals surface area contributed by atoms with Crippen molar-refractivity contribution in [3.05, 3.63) is 72.8 Å². The highest BCUT2D eigenvalue weighted by Gasteiger charge is 2.11. The molecule has 3 heteroatoms. The molecule has 0 atom stereocenters. The number of nitrogens with one attached hydrogen (secondary N) is 1. The molecule has 0 fully saturated rings. The number of hydrogen-bond acceptors (Lipinski definition) is 2. The van der Waals surface area contributed by atoms with Crippen LogP contribution < -0.4 is 0 Å². The zero-order chi connectivity index (χ0) is 15.6. The lowest BCUT2D eigenvalue weighted by Crippen LogP contribution is -1.87. The van der Waals surface area contributed by atoms with Crippen LogP contribution in [0.5, 0.6) is 0 Å². The fourth-order valence-corrected chi connectivity index (χ4v) is 3.02. The Morgan fingerprint density at radius 2 is 1.78 bits per heavy atom. The summed E-state index contributed by atoms with van der Waals surface area (Å²) in [6.45, 7) is 2.19. The zero-order valence-corrected chi connectivity index (χ0v) is 13.0. The average molecular weight is 299 g/mol. The molecule has 23 heavy (non-hydrogen) atoms. The van der Waals surface area contributed by atoms with Gasteiger partial charge in [-0.15, -0.1) is 0 Å². The maximum Gasteiger partial charge on any atom is 0.137 e. The smallest absolute Gasteiger partial charge is 0.137 e. The number of aryl methyl sites for hydroxylation is 1. The monoisotopic (exact) mass is 299 g/mol. The number of pyridine rings is 2. The van der Waals surface area contributed by atoms with Crippen molar-refractivity contribution >= 4 is 11.0 Å². The lowest BCUT2D eigenvalue weighted by Gasteiger charge is -2.07. The zero-order valence-electron chi connectivity index (χ0n) is 13.0. The highest BCUT2D eigenvalue weighted by molar-refractivity contribution is 5.96. The van der Waals surface area contributed by atoms with Crippen molar-refractivity contribution in [1.29, 1.82) is 0 Å². The average Bonchev–Trinajstić information content (AvgIpc) is 3.05. The highest BCUT2D eigenvalue weighted by atomic mass is 14.8. The molecule has 1 aromatic carbocycles. The normalized spacial score (nSPS) is 11.0. The van der Waals surface area contributed by atoms with Crippen LogP contribution in [0, 0.1) is 0 Å². The fraction of sp³-hybridized carbons (Fsp3) is 0.100. The number of H-pyrrole nitrogens is 1. The molecule has 1 N–H and O–H groups in total. The van der Waals surface area contributed by atoms with Gasteiger partial charge in [0.15, 0.2) is 0 Å². The summed E-state index contributed by atoms with van der Waals surface area (Å²) >= 11 is 0. The molecule has 0 spiro atoms. The number of nitrogens with zero attached hydrogens (tertiary/aromatic N) is 2. The first-order chi connectivity index (χ1) is 11.4. The first-order valence-corrected chi connectivity index (χ1v) is 7.82. The Labute approximate surface area is 135 Å². The molecule has 0 aliphatic rings. The lowest BCUT2D eigenvalue weighted by atomic mass is 9.97. The molecule has 4 rings (SSSR count). The molecule has 0 amide bonds. The summed E-state index contributed by atoms with van der Waals surface area (Å²) < 4.78 is 0. The third kappa shape index (κ3) is 2.40. The van der Waals surface area contributed by atoms with E-state index >= 15 is 0 Å². The molecule has 0 radical (unpaired) electrons. The van der Waals surface area contributed by atoms with Crippen LogP contribution in [0.15, 0.2) is 67.3 Å². The van der Waals surface area contributed by atoms with Crippen LogP contribution in [-0.4, -0.2) is 15.0 Å².